The zero-order valence-corrected chi connectivity index (χ0v) is 19.6. The Morgan fingerprint density at radius 3 is 2.76 bits per heavy atom. The first kappa shape index (κ1) is 22.8. The van der Waals surface area contributed by atoms with Gasteiger partial charge in [-0.3, -0.25) is 4.98 Å². The molecule has 0 aliphatic rings. The number of phenols is 1. The number of carbonyl (C=O) groups excluding carboxylic acids is 1. The third-order valence-corrected chi connectivity index (χ3v) is 6.44. The molecule has 33 heavy (non-hydrogen) atoms. The van der Waals surface area contributed by atoms with Crippen molar-refractivity contribution in [2.45, 2.75) is 24.2 Å². The quantitative estimate of drug-likeness (QED) is 0.294. The number of phenolic OH excluding ortho intramolecular Hbond substituents is 1. The molecule has 4 aromatic rings. The minimum atomic E-state index is -0.398. The number of nitrogens with one attached hydrogen (secondary N) is 1. The van der Waals surface area contributed by atoms with Crippen molar-refractivity contribution in [3.63, 3.8) is 0 Å². The van der Waals surface area contributed by atoms with Crippen LogP contribution in [0.2, 0.25) is 0 Å². The van der Waals surface area contributed by atoms with Crippen molar-refractivity contribution in [1.82, 2.24) is 19.9 Å². The first-order valence-electron chi connectivity index (χ1n) is 10.7. The number of aromatic nitrogens is 3. The molecule has 3 aromatic heterocycles. The molecule has 2 N–H and O–H groups in total. The third-order valence-electron chi connectivity index (χ3n) is 5.48. The number of hydrogen-bond acceptors (Lipinski definition) is 7. The van der Waals surface area contributed by atoms with Crippen LogP contribution >= 0.6 is 11.8 Å². The van der Waals surface area contributed by atoms with Gasteiger partial charge in [-0.15, -0.1) is 11.8 Å². The van der Waals surface area contributed by atoms with Crippen molar-refractivity contribution in [3.8, 4) is 16.9 Å². The van der Waals surface area contributed by atoms with Crippen LogP contribution in [0, 0.1) is 0 Å². The molecule has 170 valence electrons. The van der Waals surface area contributed by atoms with Crippen LogP contribution in [0.4, 0.5) is 0 Å². The van der Waals surface area contributed by atoms with Gasteiger partial charge in [0.25, 0.3) is 0 Å². The molecular formula is C25H26N4O3S. The summed E-state index contributed by atoms with van der Waals surface area (Å²) < 4.78 is 7.45. The summed E-state index contributed by atoms with van der Waals surface area (Å²) in [6.07, 6.45) is 5.16. The van der Waals surface area contributed by atoms with Gasteiger partial charge >= 0.3 is 5.97 Å². The molecule has 0 aliphatic heterocycles. The van der Waals surface area contributed by atoms with E-state index < -0.39 is 5.97 Å². The summed E-state index contributed by atoms with van der Waals surface area (Å²) in [5.41, 5.74) is 4.27. The van der Waals surface area contributed by atoms with E-state index >= 15 is 0 Å². The van der Waals surface area contributed by atoms with Crippen molar-refractivity contribution in [2.75, 3.05) is 13.7 Å². The Kier molecular flexibility index (Phi) is 6.96. The Bertz CT molecular complexity index is 1270. The molecule has 0 atom stereocenters. The second-order valence-electron chi connectivity index (χ2n) is 7.48. The van der Waals surface area contributed by atoms with Crippen molar-refractivity contribution < 1.29 is 14.6 Å². The predicted molar refractivity (Wildman–Crippen MR) is 130 cm³/mol. The molecule has 0 saturated heterocycles. The maximum atomic E-state index is 13.2. The van der Waals surface area contributed by atoms with Crippen molar-refractivity contribution in [1.29, 1.82) is 0 Å². The molecule has 0 aliphatic carbocycles. The van der Waals surface area contributed by atoms with E-state index in [2.05, 4.69) is 15.3 Å². The normalized spacial score (nSPS) is 11.1. The highest BCUT2D eigenvalue weighted by Gasteiger charge is 2.27. The number of ether oxygens (including phenoxy) is 1. The van der Waals surface area contributed by atoms with Crippen LogP contribution in [0.3, 0.4) is 0 Å². The first-order chi connectivity index (χ1) is 16.1. The molecule has 3 heterocycles. The summed E-state index contributed by atoms with van der Waals surface area (Å²) in [5, 5.41) is 16.0. The Morgan fingerprint density at radius 2 is 2.09 bits per heavy atom. The summed E-state index contributed by atoms with van der Waals surface area (Å²) in [4.78, 5) is 21.7. The predicted octanol–water partition coefficient (Wildman–Crippen LogP) is 4.53. The minimum Gasteiger partial charge on any atom is -0.507 e. The van der Waals surface area contributed by atoms with Crippen LogP contribution in [0.25, 0.3) is 22.0 Å². The lowest BCUT2D eigenvalue weighted by molar-refractivity contribution is 0.0527. The van der Waals surface area contributed by atoms with Crippen LogP contribution in [-0.4, -0.2) is 39.3 Å². The van der Waals surface area contributed by atoms with E-state index in [-0.39, 0.29) is 12.4 Å². The molecule has 0 bridgehead atoms. The minimum absolute atomic E-state index is 0.130. The summed E-state index contributed by atoms with van der Waals surface area (Å²) >= 11 is 1.55. The number of nitrogens with zero attached hydrogens (tertiary/aromatic N) is 3. The molecule has 0 saturated carbocycles. The lowest BCUT2D eigenvalue weighted by Crippen LogP contribution is -2.10. The number of thioether (sulfide) groups is 1. The molecule has 4 rings (SSSR count). The van der Waals surface area contributed by atoms with Gasteiger partial charge in [0.2, 0.25) is 0 Å². The van der Waals surface area contributed by atoms with Gasteiger partial charge in [-0.2, -0.15) is 0 Å². The Hall–Kier alpha value is -3.36. The van der Waals surface area contributed by atoms with Gasteiger partial charge < -0.3 is 19.7 Å². The SMILES string of the molecule is CCOC(=O)c1c(CSc2ccccn2)n(C)c2cc(-c3cccnc3)c(O)c(CNC)c12. The molecule has 0 amide bonds. The van der Waals surface area contributed by atoms with Gasteiger partial charge in [0.05, 0.1) is 22.7 Å². The number of aromatic hydroxyl groups is 1. The van der Waals surface area contributed by atoms with Gasteiger partial charge in [0.1, 0.15) is 5.75 Å². The van der Waals surface area contributed by atoms with Crippen molar-refractivity contribution in [3.05, 3.63) is 71.8 Å². The number of fused-ring (bicyclic) bond motifs is 1. The van der Waals surface area contributed by atoms with E-state index in [9.17, 15) is 9.90 Å². The van der Waals surface area contributed by atoms with E-state index in [1.807, 2.05) is 55.1 Å². The van der Waals surface area contributed by atoms with Crippen molar-refractivity contribution in [2.24, 2.45) is 7.05 Å². The average molecular weight is 463 g/mol. The summed E-state index contributed by atoms with van der Waals surface area (Å²) in [5.74, 6) is 0.258. The standard InChI is InChI=1S/C25H26N4O3S/c1-4-32-25(31)23-20(15-33-21-9-5-6-11-28-21)29(3)19-12-17(16-8-7-10-27-13-16)24(30)18(14-26-2)22(19)23/h5-13,26,30H,4,14-15H2,1-3H3. The molecule has 0 radical (unpaired) electrons. The summed E-state index contributed by atoms with van der Waals surface area (Å²) in [7, 11) is 3.75. The maximum absolute atomic E-state index is 13.2. The van der Waals surface area contributed by atoms with E-state index in [0.717, 1.165) is 21.8 Å². The number of aryl methyl sites for hydroxylation is 1. The van der Waals surface area contributed by atoms with E-state index in [0.29, 0.717) is 34.4 Å². The summed E-state index contributed by atoms with van der Waals surface area (Å²) in [6.45, 7) is 2.45. The van der Waals surface area contributed by atoms with Crippen LogP contribution in [0.15, 0.2) is 60.0 Å². The number of carbonyl (C=O) groups is 1. The van der Waals surface area contributed by atoms with Gasteiger partial charge in [0.15, 0.2) is 0 Å². The monoisotopic (exact) mass is 462 g/mol. The zero-order chi connectivity index (χ0) is 23.4. The fourth-order valence-electron chi connectivity index (χ4n) is 3.97. The lowest BCUT2D eigenvalue weighted by atomic mass is 9.97. The number of benzene rings is 1. The third kappa shape index (κ3) is 4.44. The van der Waals surface area contributed by atoms with Crippen molar-refractivity contribution >= 4 is 28.6 Å². The number of esters is 1. The van der Waals surface area contributed by atoms with Gasteiger partial charge in [-0.05, 0) is 38.2 Å². The molecule has 0 fully saturated rings. The van der Waals surface area contributed by atoms with Crippen LogP contribution in [-0.2, 0) is 24.1 Å². The number of rotatable bonds is 8. The second kappa shape index (κ2) is 10.1. The fourth-order valence-corrected chi connectivity index (χ4v) is 4.90. The van der Waals surface area contributed by atoms with Crippen LogP contribution < -0.4 is 5.32 Å². The molecule has 0 spiro atoms. The van der Waals surface area contributed by atoms with Gasteiger partial charge in [0, 0.05) is 65.7 Å². The van der Waals surface area contributed by atoms with Crippen LogP contribution in [0.5, 0.6) is 5.75 Å². The molecular weight excluding hydrogens is 436 g/mol. The second-order valence-corrected chi connectivity index (χ2v) is 8.47. The number of hydrogen-bond donors (Lipinski definition) is 2. The summed E-state index contributed by atoms with van der Waals surface area (Å²) in [6, 6.07) is 11.4. The van der Waals surface area contributed by atoms with E-state index in [4.69, 9.17) is 4.74 Å². The van der Waals surface area contributed by atoms with E-state index in [1.54, 1.807) is 37.3 Å². The smallest absolute Gasteiger partial charge is 0.340 e. The van der Waals surface area contributed by atoms with Crippen LogP contribution in [0.1, 0.15) is 28.5 Å². The highest BCUT2D eigenvalue weighted by Crippen LogP contribution is 2.42. The zero-order valence-electron chi connectivity index (χ0n) is 18.8. The van der Waals surface area contributed by atoms with Gasteiger partial charge in [-0.1, -0.05) is 12.1 Å². The van der Waals surface area contributed by atoms with E-state index in [1.165, 1.54) is 0 Å². The largest absolute Gasteiger partial charge is 0.507 e. The Morgan fingerprint density at radius 1 is 1.24 bits per heavy atom. The molecule has 0 unspecified atom stereocenters. The topological polar surface area (TPSA) is 89.3 Å². The van der Waals surface area contributed by atoms with Gasteiger partial charge in [-0.25, -0.2) is 9.78 Å². The maximum Gasteiger partial charge on any atom is 0.340 e. The lowest BCUT2D eigenvalue weighted by Gasteiger charge is -2.13. The Balaban J connectivity index is 1.96. The molecule has 7 nitrogen and oxygen atoms in total. The Labute approximate surface area is 196 Å². The number of pyridine rings is 2. The highest BCUT2D eigenvalue weighted by molar-refractivity contribution is 7.98. The first-order valence-corrected chi connectivity index (χ1v) is 11.7. The molecule has 1 aromatic carbocycles. The fraction of sp³-hybridized carbons (Fsp3) is 0.240. The highest BCUT2D eigenvalue weighted by atomic mass is 32.2. The molecule has 8 heteroatoms. The average Bonchev–Trinajstić information content (AvgIpc) is 3.12.